The number of urea groups is 1. The van der Waals surface area contributed by atoms with Crippen molar-refractivity contribution in [2.24, 2.45) is 0 Å². The van der Waals surface area contributed by atoms with Crippen molar-refractivity contribution in [1.29, 1.82) is 5.26 Å². The molecule has 38 heavy (non-hydrogen) atoms. The molecule has 1 saturated heterocycles. The van der Waals surface area contributed by atoms with E-state index in [4.69, 9.17) is 16.9 Å². The molecular weight excluding hydrogens is 525 g/mol. The molecule has 2 aromatic carbocycles. The molecule has 1 aromatic heterocycles. The van der Waals surface area contributed by atoms with E-state index in [1.807, 2.05) is 0 Å². The first-order valence-corrected chi connectivity index (χ1v) is 11.7. The molecule has 0 spiro atoms. The van der Waals surface area contributed by atoms with Gasteiger partial charge in [-0.2, -0.15) is 28.2 Å². The Balaban J connectivity index is 1.62. The maximum absolute atomic E-state index is 13.5. The summed E-state index contributed by atoms with van der Waals surface area (Å²) in [5, 5.41) is 19.0. The Morgan fingerprint density at radius 2 is 1.89 bits per heavy atom. The van der Waals surface area contributed by atoms with Gasteiger partial charge in [0.05, 0.1) is 17.3 Å². The number of alkyl halides is 3. The number of halogens is 4. The first kappa shape index (κ1) is 26.8. The van der Waals surface area contributed by atoms with Gasteiger partial charge in [-0.05, 0) is 36.4 Å². The second-order valence-electron chi connectivity index (χ2n) is 8.35. The molecule has 0 aliphatic carbocycles. The third-order valence-electron chi connectivity index (χ3n) is 5.82. The van der Waals surface area contributed by atoms with E-state index in [0.29, 0.717) is 17.1 Å². The van der Waals surface area contributed by atoms with Gasteiger partial charge in [0.1, 0.15) is 18.2 Å². The van der Waals surface area contributed by atoms with Crippen LogP contribution in [0.3, 0.4) is 0 Å². The van der Waals surface area contributed by atoms with Crippen LogP contribution < -0.4 is 10.6 Å². The fraction of sp³-hybridized carbons (Fsp3) is 0.240. The summed E-state index contributed by atoms with van der Waals surface area (Å²) < 4.78 is 40.2. The molecule has 196 valence electrons. The minimum atomic E-state index is -4.59. The highest BCUT2D eigenvalue weighted by atomic mass is 35.5. The number of anilines is 1. The monoisotopic (exact) mass is 544 g/mol. The highest BCUT2D eigenvalue weighted by molar-refractivity contribution is 6.30. The average Bonchev–Trinajstić information content (AvgIpc) is 3.34. The molecular formula is C25H20ClF3N6O3. The lowest BCUT2D eigenvalue weighted by Gasteiger charge is -2.34. The number of amides is 2. The zero-order valence-electron chi connectivity index (χ0n) is 19.6. The minimum absolute atomic E-state index is 0.0596. The third kappa shape index (κ3) is 5.85. The molecule has 9 nitrogen and oxygen atoms in total. The van der Waals surface area contributed by atoms with Crippen molar-refractivity contribution in [3.05, 3.63) is 70.9 Å². The zero-order chi connectivity index (χ0) is 27.4. The summed E-state index contributed by atoms with van der Waals surface area (Å²) in [5.41, 5.74) is -0.342. The summed E-state index contributed by atoms with van der Waals surface area (Å²) >= 11 is 5.95. The molecule has 1 fully saturated rings. The number of nitrogens with one attached hydrogen (secondary N) is 2. The lowest BCUT2D eigenvalue weighted by Crippen LogP contribution is -2.58. The summed E-state index contributed by atoms with van der Waals surface area (Å²) in [6.07, 6.45) is -5.07. The summed E-state index contributed by atoms with van der Waals surface area (Å²) in [6, 6.07) is 11.9. The second kappa shape index (κ2) is 11.0. The first-order chi connectivity index (χ1) is 18.1. The number of piperazine rings is 1. The van der Waals surface area contributed by atoms with Gasteiger partial charge in [0.15, 0.2) is 0 Å². The SMILES string of the molecule is N#CCC(=O)n1nc(C(=O)C2CNCCN2C(=O)Nc2cccc(C(F)(F)F)c2)cc1-c1ccc(Cl)cc1. The van der Waals surface area contributed by atoms with Crippen LogP contribution in [0, 0.1) is 11.3 Å². The van der Waals surface area contributed by atoms with Gasteiger partial charge in [-0.25, -0.2) is 4.79 Å². The van der Waals surface area contributed by atoms with Crippen molar-refractivity contribution in [3.8, 4) is 17.3 Å². The Bertz CT molecular complexity index is 1410. The lowest BCUT2D eigenvalue weighted by molar-refractivity contribution is -0.137. The fourth-order valence-electron chi connectivity index (χ4n) is 3.98. The number of hydrogen-bond donors (Lipinski definition) is 2. The van der Waals surface area contributed by atoms with Crippen LogP contribution >= 0.6 is 11.6 Å². The Morgan fingerprint density at radius 3 is 2.58 bits per heavy atom. The van der Waals surface area contributed by atoms with Gasteiger partial charge in [0, 0.05) is 35.9 Å². The number of rotatable bonds is 5. The molecule has 0 radical (unpaired) electrons. The van der Waals surface area contributed by atoms with Crippen molar-refractivity contribution in [2.45, 2.75) is 18.6 Å². The van der Waals surface area contributed by atoms with Crippen molar-refractivity contribution in [1.82, 2.24) is 20.0 Å². The summed E-state index contributed by atoms with van der Waals surface area (Å²) in [6.45, 7) is 0.508. The fourth-order valence-corrected chi connectivity index (χ4v) is 4.11. The van der Waals surface area contributed by atoms with Crippen molar-refractivity contribution in [2.75, 3.05) is 25.0 Å². The molecule has 1 atom stereocenters. The zero-order valence-corrected chi connectivity index (χ0v) is 20.4. The number of ketones is 1. The van der Waals surface area contributed by atoms with Gasteiger partial charge in [-0.3, -0.25) is 9.59 Å². The molecule has 0 bridgehead atoms. The van der Waals surface area contributed by atoms with E-state index >= 15 is 0 Å². The predicted octanol–water partition coefficient (Wildman–Crippen LogP) is 4.46. The lowest BCUT2D eigenvalue weighted by atomic mass is 10.0. The summed E-state index contributed by atoms with van der Waals surface area (Å²) in [5.74, 6) is -1.24. The first-order valence-electron chi connectivity index (χ1n) is 11.3. The number of Topliss-reactive ketones (excluding diaryl/α,β-unsaturated/α-hetero) is 1. The van der Waals surface area contributed by atoms with E-state index in [9.17, 15) is 27.6 Å². The van der Waals surface area contributed by atoms with Crippen molar-refractivity contribution >= 4 is 35.0 Å². The minimum Gasteiger partial charge on any atom is -0.312 e. The van der Waals surface area contributed by atoms with E-state index in [2.05, 4.69) is 15.7 Å². The molecule has 2 amide bonds. The molecule has 2 N–H and O–H groups in total. The Hall–Kier alpha value is -4.21. The van der Waals surface area contributed by atoms with Gasteiger partial charge < -0.3 is 15.5 Å². The number of nitrogens with zero attached hydrogens (tertiary/aromatic N) is 4. The van der Waals surface area contributed by atoms with E-state index < -0.39 is 41.9 Å². The molecule has 3 aromatic rings. The third-order valence-corrected chi connectivity index (χ3v) is 6.07. The predicted molar refractivity (Wildman–Crippen MR) is 132 cm³/mol. The normalized spacial score (nSPS) is 15.6. The highest BCUT2D eigenvalue weighted by Crippen LogP contribution is 2.31. The summed E-state index contributed by atoms with van der Waals surface area (Å²) in [4.78, 5) is 40.3. The van der Waals surface area contributed by atoms with E-state index in [1.54, 1.807) is 30.3 Å². The number of carbonyl (C=O) groups excluding carboxylic acids is 3. The molecule has 0 saturated carbocycles. The van der Waals surface area contributed by atoms with Crippen LogP contribution in [0.1, 0.15) is 27.3 Å². The largest absolute Gasteiger partial charge is 0.416 e. The number of benzene rings is 2. The average molecular weight is 545 g/mol. The van der Waals surface area contributed by atoms with Crippen molar-refractivity contribution in [3.63, 3.8) is 0 Å². The maximum Gasteiger partial charge on any atom is 0.416 e. The number of carbonyl (C=O) groups is 3. The highest BCUT2D eigenvalue weighted by Gasteiger charge is 2.35. The number of aromatic nitrogens is 2. The van der Waals surface area contributed by atoms with Gasteiger partial charge >= 0.3 is 12.2 Å². The molecule has 4 rings (SSSR count). The van der Waals surface area contributed by atoms with Crippen LogP contribution in [0.2, 0.25) is 5.02 Å². The Kier molecular flexibility index (Phi) is 7.80. The van der Waals surface area contributed by atoms with E-state index in [1.165, 1.54) is 23.1 Å². The maximum atomic E-state index is 13.5. The van der Waals surface area contributed by atoms with Crippen LogP contribution in [-0.4, -0.2) is 58.1 Å². The van der Waals surface area contributed by atoms with Gasteiger partial charge in [0.2, 0.25) is 5.78 Å². The van der Waals surface area contributed by atoms with E-state index in [-0.39, 0.29) is 30.2 Å². The molecule has 1 aliphatic rings. The van der Waals surface area contributed by atoms with Crippen LogP contribution in [0.5, 0.6) is 0 Å². The van der Waals surface area contributed by atoms with Crippen molar-refractivity contribution < 1.29 is 27.6 Å². The van der Waals surface area contributed by atoms with Crippen LogP contribution in [-0.2, 0) is 6.18 Å². The number of hydrogen-bond acceptors (Lipinski definition) is 6. The van der Waals surface area contributed by atoms with Crippen LogP contribution in [0.15, 0.2) is 54.6 Å². The number of nitriles is 1. The second-order valence-corrected chi connectivity index (χ2v) is 8.78. The Labute approximate surface area is 219 Å². The molecule has 13 heteroatoms. The Morgan fingerprint density at radius 1 is 1.16 bits per heavy atom. The molecule has 2 heterocycles. The summed E-state index contributed by atoms with van der Waals surface area (Å²) in [7, 11) is 0. The van der Waals surface area contributed by atoms with E-state index in [0.717, 1.165) is 16.8 Å². The van der Waals surface area contributed by atoms with Gasteiger partial charge in [-0.1, -0.05) is 29.8 Å². The quantitative estimate of drug-likeness (QED) is 0.457. The smallest absolute Gasteiger partial charge is 0.312 e. The van der Waals surface area contributed by atoms with Gasteiger partial charge in [0.25, 0.3) is 5.91 Å². The van der Waals surface area contributed by atoms with Gasteiger partial charge in [-0.15, -0.1) is 0 Å². The standard InChI is InChI=1S/C25H20ClF3N6O3/c26-17-6-4-15(5-7-17)20-13-19(33-35(20)22(36)8-9-30)23(37)21-14-31-10-11-34(21)24(38)32-18-3-1-2-16(12-18)25(27,28)29/h1-7,12-13,21,31H,8,10-11,14H2,(H,32,38). The molecule has 1 aliphatic heterocycles. The van der Waals surface area contributed by atoms with Crippen LogP contribution in [0.4, 0.5) is 23.7 Å². The van der Waals surface area contributed by atoms with Crippen LogP contribution in [0.25, 0.3) is 11.3 Å². The topological polar surface area (TPSA) is 120 Å². The molecule has 1 unspecified atom stereocenters.